The van der Waals surface area contributed by atoms with Gasteiger partial charge in [0.15, 0.2) is 0 Å². The van der Waals surface area contributed by atoms with Crippen LogP contribution in [-0.4, -0.2) is 16.4 Å². The molecule has 0 bridgehead atoms. The lowest BCUT2D eigenvalue weighted by atomic mass is 10.1. The summed E-state index contributed by atoms with van der Waals surface area (Å²) >= 11 is 7.59. The number of halogens is 1. The number of benzene rings is 2. The third-order valence-corrected chi connectivity index (χ3v) is 4.96. The Balaban J connectivity index is 2.12. The van der Waals surface area contributed by atoms with E-state index in [9.17, 15) is 0 Å². The van der Waals surface area contributed by atoms with Gasteiger partial charge < -0.3 is 0 Å². The summed E-state index contributed by atoms with van der Waals surface area (Å²) in [7, 11) is 0. The van der Waals surface area contributed by atoms with Gasteiger partial charge in [-0.2, -0.15) is 10.4 Å². The van der Waals surface area contributed by atoms with Crippen LogP contribution >= 0.6 is 22.9 Å². The highest BCUT2D eigenvalue weighted by atomic mass is 35.5. The molecule has 0 saturated heterocycles. The van der Waals surface area contributed by atoms with Crippen molar-refractivity contribution in [3.63, 3.8) is 0 Å². The third kappa shape index (κ3) is 4.54. The van der Waals surface area contributed by atoms with E-state index in [2.05, 4.69) is 11.4 Å². The maximum Gasteiger partial charge on any atom is 0.206 e. The highest BCUT2D eigenvalue weighted by molar-refractivity contribution is 7.07. The molecule has 136 valence electrons. The molecule has 0 N–H and O–H groups in total. The molecule has 0 saturated carbocycles. The summed E-state index contributed by atoms with van der Waals surface area (Å²) in [5, 5.41) is 16.6. The van der Waals surface area contributed by atoms with Crippen LogP contribution in [-0.2, 0) is 0 Å². The van der Waals surface area contributed by atoms with Gasteiger partial charge in [0.25, 0.3) is 0 Å². The van der Waals surface area contributed by atoms with Crippen LogP contribution in [0.15, 0.2) is 64.0 Å². The molecule has 0 radical (unpaired) electrons. The van der Waals surface area contributed by atoms with E-state index in [0.717, 1.165) is 27.3 Å². The van der Waals surface area contributed by atoms with E-state index in [1.165, 1.54) is 0 Å². The third-order valence-electron chi connectivity index (χ3n) is 3.88. The molecule has 1 heterocycles. The Morgan fingerprint density at radius 1 is 1.11 bits per heavy atom. The average molecular weight is 395 g/mol. The Morgan fingerprint density at radius 3 is 2.37 bits per heavy atom. The van der Waals surface area contributed by atoms with Gasteiger partial charge in [-0.25, -0.2) is 4.68 Å². The average Bonchev–Trinajstić information content (AvgIpc) is 3.04. The van der Waals surface area contributed by atoms with Crippen LogP contribution in [0.2, 0.25) is 5.02 Å². The number of hydrogen-bond donors (Lipinski definition) is 0. The predicted molar refractivity (Wildman–Crippen MR) is 112 cm³/mol. The van der Waals surface area contributed by atoms with Crippen molar-refractivity contribution in [2.24, 2.45) is 10.1 Å². The maximum absolute atomic E-state index is 8.97. The Labute approximate surface area is 167 Å². The second-order valence-electron chi connectivity index (χ2n) is 6.32. The second kappa shape index (κ2) is 8.34. The highest BCUT2D eigenvalue weighted by Crippen LogP contribution is 2.22. The summed E-state index contributed by atoms with van der Waals surface area (Å²) in [6.07, 6.45) is 0. The number of hydrogen-bond acceptors (Lipinski definition) is 4. The molecular weight excluding hydrogens is 376 g/mol. The van der Waals surface area contributed by atoms with Gasteiger partial charge in [0, 0.05) is 22.0 Å². The molecule has 4 nitrogen and oxygen atoms in total. The standard InChI is InChI=1S/C21H19ClN4S/c1-14(2)24-21-26(20(13-27-21)18-8-10-19(22)11-9-18)25-15(3)17-6-4-16(12-23)5-7-17/h4-11,13-14H,1-3H3. The number of thiazole rings is 1. The van der Waals surface area contributed by atoms with Crippen LogP contribution in [0.3, 0.4) is 0 Å². The van der Waals surface area contributed by atoms with Gasteiger partial charge >= 0.3 is 0 Å². The Hall–Kier alpha value is -2.68. The molecule has 2 aromatic carbocycles. The van der Waals surface area contributed by atoms with Crippen LogP contribution in [0.1, 0.15) is 31.9 Å². The molecule has 0 aliphatic rings. The molecule has 0 aliphatic carbocycles. The van der Waals surface area contributed by atoms with Crippen LogP contribution < -0.4 is 4.80 Å². The first-order valence-electron chi connectivity index (χ1n) is 8.54. The molecule has 0 aliphatic heterocycles. The minimum absolute atomic E-state index is 0.165. The molecule has 0 amide bonds. The topological polar surface area (TPSA) is 53.4 Å². The van der Waals surface area contributed by atoms with Crippen molar-refractivity contribution in [2.75, 3.05) is 0 Å². The zero-order chi connectivity index (χ0) is 19.4. The van der Waals surface area contributed by atoms with Crippen LogP contribution in [0.5, 0.6) is 0 Å². The number of nitrogens with zero attached hydrogens (tertiary/aromatic N) is 4. The Kier molecular flexibility index (Phi) is 5.90. The van der Waals surface area contributed by atoms with Gasteiger partial charge in [0.1, 0.15) is 0 Å². The molecular formula is C21H19ClN4S. The first kappa shape index (κ1) is 19.1. The lowest BCUT2D eigenvalue weighted by Crippen LogP contribution is -2.16. The van der Waals surface area contributed by atoms with Gasteiger partial charge in [-0.1, -0.05) is 35.9 Å². The fourth-order valence-corrected chi connectivity index (χ4v) is 3.61. The van der Waals surface area contributed by atoms with Gasteiger partial charge in [0.05, 0.1) is 23.0 Å². The maximum atomic E-state index is 8.97. The molecule has 0 fully saturated rings. The fourth-order valence-electron chi connectivity index (χ4n) is 2.52. The van der Waals surface area contributed by atoms with E-state index >= 15 is 0 Å². The molecule has 6 heteroatoms. The largest absolute Gasteiger partial charge is 0.255 e. The van der Waals surface area contributed by atoms with E-state index in [4.69, 9.17) is 27.0 Å². The van der Waals surface area contributed by atoms with Gasteiger partial charge in [-0.05, 0) is 50.6 Å². The van der Waals surface area contributed by atoms with Crippen molar-refractivity contribution in [1.82, 2.24) is 4.68 Å². The van der Waals surface area contributed by atoms with Crippen LogP contribution in [0, 0.1) is 11.3 Å². The molecule has 27 heavy (non-hydrogen) atoms. The van der Waals surface area contributed by atoms with Crippen molar-refractivity contribution >= 4 is 28.6 Å². The first-order valence-corrected chi connectivity index (χ1v) is 9.80. The first-order chi connectivity index (χ1) is 13.0. The number of nitriles is 1. The second-order valence-corrected chi connectivity index (χ2v) is 7.59. The van der Waals surface area contributed by atoms with Gasteiger partial charge in [-0.15, -0.1) is 11.3 Å². The number of rotatable bonds is 4. The highest BCUT2D eigenvalue weighted by Gasteiger charge is 2.09. The van der Waals surface area contributed by atoms with Crippen molar-refractivity contribution in [3.8, 4) is 17.3 Å². The summed E-state index contributed by atoms with van der Waals surface area (Å²) in [6, 6.07) is 17.4. The quantitative estimate of drug-likeness (QED) is 0.552. The summed E-state index contributed by atoms with van der Waals surface area (Å²) < 4.78 is 1.88. The minimum Gasteiger partial charge on any atom is -0.255 e. The van der Waals surface area contributed by atoms with Crippen LogP contribution in [0.4, 0.5) is 0 Å². The predicted octanol–water partition coefficient (Wildman–Crippen LogP) is 5.32. The normalized spacial score (nSPS) is 12.4. The fraction of sp³-hybridized carbons (Fsp3) is 0.190. The van der Waals surface area contributed by atoms with Crippen molar-refractivity contribution in [1.29, 1.82) is 5.26 Å². The van der Waals surface area contributed by atoms with E-state index in [1.54, 1.807) is 23.5 Å². The molecule has 0 atom stereocenters. The minimum atomic E-state index is 0.165. The summed E-state index contributed by atoms with van der Waals surface area (Å²) in [4.78, 5) is 5.54. The Bertz CT molecular complexity index is 1070. The molecule has 0 unspecified atom stereocenters. The lowest BCUT2D eigenvalue weighted by molar-refractivity contribution is 0.753. The summed E-state index contributed by atoms with van der Waals surface area (Å²) in [6.45, 7) is 6.04. The Morgan fingerprint density at radius 2 is 1.78 bits per heavy atom. The van der Waals surface area contributed by atoms with Crippen molar-refractivity contribution in [3.05, 3.63) is 74.9 Å². The molecule has 3 aromatic rings. The summed E-state index contributed by atoms with van der Waals surface area (Å²) in [5.41, 5.74) is 4.43. The number of aromatic nitrogens is 1. The summed E-state index contributed by atoms with van der Waals surface area (Å²) in [5.74, 6) is 0. The van der Waals surface area contributed by atoms with Gasteiger partial charge in [-0.3, -0.25) is 4.99 Å². The molecule has 3 rings (SSSR count). The van der Waals surface area contributed by atoms with Crippen molar-refractivity contribution in [2.45, 2.75) is 26.8 Å². The SMILES string of the molecule is CC(=Nn1c(-c2ccc(Cl)cc2)csc1=NC(C)C)c1ccc(C#N)cc1. The van der Waals surface area contributed by atoms with Crippen molar-refractivity contribution < 1.29 is 0 Å². The molecule has 1 aromatic heterocycles. The van der Waals surface area contributed by atoms with Gasteiger partial charge in [0.2, 0.25) is 4.80 Å². The monoisotopic (exact) mass is 394 g/mol. The van der Waals surface area contributed by atoms with Crippen LogP contribution in [0.25, 0.3) is 11.3 Å². The van der Waals surface area contributed by atoms with E-state index in [0.29, 0.717) is 10.6 Å². The van der Waals surface area contributed by atoms with E-state index < -0.39 is 0 Å². The lowest BCUT2D eigenvalue weighted by Gasteiger charge is -2.07. The van der Waals surface area contributed by atoms with E-state index in [1.807, 2.05) is 61.8 Å². The molecule has 0 spiro atoms. The van der Waals surface area contributed by atoms with E-state index in [-0.39, 0.29) is 6.04 Å². The zero-order valence-corrected chi connectivity index (χ0v) is 16.9. The smallest absolute Gasteiger partial charge is 0.206 e. The zero-order valence-electron chi connectivity index (χ0n) is 15.3.